The molecule has 9 heteroatoms. The zero-order valence-corrected chi connectivity index (χ0v) is 17.3. The smallest absolute Gasteiger partial charge is 0.217 e. The van der Waals surface area contributed by atoms with Crippen molar-refractivity contribution in [3.05, 3.63) is 34.9 Å². The highest BCUT2D eigenvalue weighted by Crippen LogP contribution is 2.28. The van der Waals surface area contributed by atoms with Crippen LogP contribution in [0, 0.1) is 4.77 Å². The van der Waals surface area contributed by atoms with Crippen LogP contribution in [-0.2, 0) is 24.9 Å². The Kier molecular flexibility index (Phi) is 6.69. The first-order valence-electron chi connectivity index (χ1n) is 9.59. The molecule has 0 saturated carbocycles. The topological polar surface area (TPSA) is 81.6 Å². The molecule has 152 valence electrons. The second-order valence-corrected chi connectivity index (χ2v) is 7.24. The van der Waals surface area contributed by atoms with Gasteiger partial charge in [-0.2, -0.15) is 5.10 Å². The van der Waals surface area contributed by atoms with E-state index in [0.29, 0.717) is 24.5 Å². The van der Waals surface area contributed by atoms with E-state index in [1.165, 1.54) is 0 Å². The van der Waals surface area contributed by atoms with Gasteiger partial charge in [0, 0.05) is 46.1 Å². The predicted octanol–water partition coefficient (Wildman–Crippen LogP) is 1.55. The first kappa shape index (κ1) is 20.3. The second kappa shape index (κ2) is 9.20. The first-order chi connectivity index (χ1) is 13.5. The second-order valence-electron chi connectivity index (χ2n) is 6.87. The molecule has 1 amide bonds. The summed E-state index contributed by atoms with van der Waals surface area (Å²) in [5.41, 5.74) is 6.39. The van der Waals surface area contributed by atoms with Gasteiger partial charge in [-0.05, 0) is 31.3 Å². The number of nitrogens with zero attached hydrogens (tertiary/aromatic N) is 5. The minimum absolute atomic E-state index is 0.275. The third-order valence-electron chi connectivity index (χ3n) is 4.94. The number of amides is 1. The van der Waals surface area contributed by atoms with E-state index < -0.39 is 0 Å². The van der Waals surface area contributed by atoms with Crippen LogP contribution in [0.25, 0.3) is 0 Å². The van der Waals surface area contributed by atoms with Gasteiger partial charge >= 0.3 is 0 Å². The lowest BCUT2D eigenvalue weighted by atomic mass is 10.2. The normalized spacial score (nSPS) is 15.0. The van der Waals surface area contributed by atoms with Crippen molar-refractivity contribution in [3.63, 3.8) is 0 Å². The van der Waals surface area contributed by atoms with Crippen LogP contribution < -0.4 is 15.4 Å². The van der Waals surface area contributed by atoms with Gasteiger partial charge in [-0.1, -0.05) is 12.1 Å². The molecule has 1 fully saturated rings. The molecule has 3 rings (SSSR count). The van der Waals surface area contributed by atoms with Gasteiger partial charge in [0.05, 0.1) is 19.0 Å². The number of anilines is 1. The number of aryl methyl sites for hydroxylation is 1. The summed E-state index contributed by atoms with van der Waals surface area (Å²) in [7, 11) is 1.88. The van der Waals surface area contributed by atoms with Gasteiger partial charge in [0.15, 0.2) is 4.77 Å². The largest absolute Gasteiger partial charge is 0.492 e. The van der Waals surface area contributed by atoms with E-state index in [-0.39, 0.29) is 12.3 Å². The maximum Gasteiger partial charge on any atom is 0.217 e. The Morgan fingerprint density at radius 2 is 1.96 bits per heavy atom. The summed E-state index contributed by atoms with van der Waals surface area (Å²) >= 11 is 5.50. The molecule has 2 N–H and O–H groups in total. The lowest BCUT2D eigenvalue weighted by molar-refractivity contribution is -0.118. The highest BCUT2D eigenvalue weighted by molar-refractivity contribution is 7.71. The summed E-state index contributed by atoms with van der Waals surface area (Å²) in [6, 6.07) is 8.18. The summed E-state index contributed by atoms with van der Waals surface area (Å²) in [6.07, 6.45) is 0.780. The van der Waals surface area contributed by atoms with E-state index in [9.17, 15) is 4.79 Å². The van der Waals surface area contributed by atoms with Crippen molar-refractivity contribution in [1.82, 2.24) is 19.2 Å². The molecule has 1 aliphatic heterocycles. The number of hydrogen-bond acceptors (Lipinski definition) is 6. The van der Waals surface area contributed by atoms with E-state index >= 15 is 0 Å². The van der Waals surface area contributed by atoms with Crippen molar-refractivity contribution in [2.45, 2.75) is 26.4 Å². The standard InChI is InChI=1S/C19H28N6O2S/c1-3-27-16-7-5-4-6-15(16)24-12-10-23(11-13-24)14-25-19(28)22(2)18(21-25)9-8-17(20)26/h4-7H,3,8-14H2,1-2H3,(H2,20,26). The van der Waals surface area contributed by atoms with Crippen LogP contribution in [-0.4, -0.2) is 57.9 Å². The Hall–Kier alpha value is -2.39. The molecular formula is C19H28N6O2S. The third-order valence-corrected chi connectivity index (χ3v) is 5.42. The SMILES string of the molecule is CCOc1ccccc1N1CCN(Cn2nc(CCC(N)=O)n(C)c2=S)CC1. The predicted molar refractivity (Wildman–Crippen MR) is 111 cm³/mol. The number of rotatable bonds is 8. The molecule has 0 spiro atoms. The monoisotopic (exact) mass is 404 g/mol. The Bertz CT molecular complexity index is 870. The van der Waals surface area contributed by atoms with Crippen LogP contribution in [0.2, 0.25) is 0 Å². The van der Waals surface area contributed by atoms with Crippen molar-refractivity contribution >= 4 is 23.8 Å². The van der Waals surface area contributed by atoms with Crippen LogP contribution in [0.1, 0.15) is 19.2 Å². The fourth-order valence-electron chi connectivity index (χ4n) is 3.39. The summed E-state index contributed by atoms with van der Waals surface area (Å²) in [5.74, 6) is 1.39. The minimum Gasteiger partial charge on any atom is -0.492 e. The lowest BCUT2D eigenvalue weighted by Gasteiger charge is -2.36. The number of primary amides is 1. The van der Waals surface area contributed by atoms with E-state index in [4.69, 9.17) is 22.7 Å². The third kappa shape index (κ3) is 4.71. The van der Waals surface area contributed by atoms with Crippen molar-refractivity contribution in [2.24, 2.45) is 12.8 Å². The quantitative estimate of drug-likeness (QED) is 0.673. The first-order valence-corrected chi connectivity index (χ1v) is 10.0. The molecule has 1 aromatic heterocycles. The number of hydrogen-bond donors (Lipinski definition) is 1. The molecule has 1 aliphatic rings. The molecule has 28 heavy (non-hydrogen) atoms. The number of nitrogens with two attached hydrogens (primary N) is 1. The minimum atomic E-state index is -0.330. The van der Waals surface area contributed by atoms with Gasteiger partial charge in [0.1, 0.15) is 11.6 Å². The average Bonchev–Trinajstić information content (AvgIpc) is 2.96. The molecular weight excluding hydrogens is 376 g/mol. The molecule has 0 radical (unpaired) electrons. The van der Waals surface area contributed by atoms with Crippen molar-refractivity contribution < 1.29 is 9.53 Å². The maximum absolute atomic E-state index is 11.0. The van der Waals surface area contributed by atoms with Gasteiger partial charge in [-0.15, -0.1) is 0 Å². The molecule has 1 saturated heterocycles. The van der Waals surface area contributed by atoms with E-state index in [2.05, 4.69) is 21.0 Å². The molecule has 0 atom stereocenters. The number of carbonyl (C=O) groups is 1. The Labute approximate surface area is 170 Å². The Morgan fingerprint density at radius 3 is 2.64 bits per heavy atom. The Balaban J connectivity index is 1.61. The zero-order chi connectivity index (χ0) is 20.1. The summed E-state index contributed by atoms with van der Waals surface area (Å²) in [4.78, 5) is 15.7. The van der Waals surface area contributed by atoms with Crippen molar-refractivity contribution in [3.8, 4) is 5.75 Å². The molecule has 0 unspecified atom stereocenters. The number of carbonyl (C=O) groups excluding carboxylic acids is 1. The molecule has 0 aliphatic carbocycles. The molecule has 8 nitrogen and oxygen atoms in total. The number of aromatic nitrogens is 3. The number of para-hydroxylation sites is 2. The summed E-state index contributed by atoms with van der Waals surface area (Å²) < 4.78 is 10.1. The van der Waals surface area contributed by atoms with Gasteiger partial charge in [-0.25, -0.2) is 4.68 Å². The molecule has 2 heterocycles. The average molecular weight is 405 g/mol. The molecule has 2 aromatic rings. The maximum atomic E-state index is 11.0. The molecule has 1 aromatic carbocycles. The summed E-state index contributed by atoms with van der Waals surface area (Å²) in [6.45, 7) is 6.96. The van der Waals surface area contributed by atoms with E-state index in [0.717, 1.165) is 43.4 Å². The van der Waals surface area contributed by atoms with Crippen LogP contribution in [0.4, 0.5) is 5.69 Å². The summed E-state index contributed by atoms with van der Waals surface area (Å²) in [5, 5.41) is 4.58. The van der Waals surface area contributed by atoms with Gasteiger partial charge in [0.2, 0.25) is 5.91 Å². The fourth-order valence-corrected chi connectivity index (χ4v) is 3.60. The molecule has 0 bridgehead atoms. The van der Waals surface area contributed by atoms with Crippen molar-refractivity contribution in [1.29, 1.82) is 0 Å². The van der Waals surface area contributed by atoms with Gasteiger partial charge < -0.3 is 19.9 Å². The number of piperazine rings is 1. The van der Waals surface area contributed by atoms with Gasteiger partial charge in [0.25, 0.3) is 0 Å². The number of benzene rings is 1. The van der Waals surface area contributed by atoms with E-state index in [1.54, 1.807) is 0 Å². The van der Waals surface area contributed by atoms with Crippen LogP contribution in [0.3, 0.4) is 0 Å². The van der Waals surface area contributed by atoms with Crippen molar-refractivity contribution in [2.75, 3.05) is 37.7 Å². The van der Waals surface area contributed by atoms with Crippen LogP contribution in [0.15, 0.2) is 24.3 Å². The Morgan fingerprint density at radius 1 is 1.25 bits per heavy atom. The fraction of sp³-hybridized carbons (Fsp3) is 0.526. The zero-order valence-electron chi connectivity index (χ0n) is 16.5. The highest BCUT2D eigenvalue weighted by atomic mass is 32.1. The number of ether oxygens (including phenoxy) is 1. The van der Waals surface area contributed by atoms with E-state index in [1.807, 2.05) is 41.4 Å². The van der Waals surface area contributed by atoms with Crippen LogP contribution >= 0.6 is 12.2 Å². The van der Waals surface area contributed by atoms with Gasteiger partial charge in [-0.3, -0.25) is 9.69 Å². The highest BCUT2D eigenvalue weighted by Gasteiger charge is 2.21. The van der Waals surface area contributed by atoms with Crippen LogP contribution in [0.5, 0.6) is 5.75 Å². The lowest BCUT2D eigenvalue weighted by Crippen LogP contribution is -2.47.